The van der Waals surface area contributed by atoms with Crippen LogP contribution in [0, 0.1) is 19.8 Å². The minimum absolute atomic E-state index is 0.128. The number of aromatic amines is 1. The van der Waals surface area contributed by atoms with E-state index < -0.39 is 0 Å². The van der Waals surface area contributed by atoms with Gasteiger partial charge in [0.25, 0.3) is 5.56 Å². The molecule has 0 radical (unpaired) electrons. The van der Waals surface area contributed by atoms with Crippen LogP contribution >= 0.6 is 0 Å². The highest BCUT2D eigenvalue weighted by atomic mass is 16.1. The number of nitrogens with one attached hydrogen (secondary N) is 1. The van der Waals surface area contributed by atoms with Crippen LogP contribution in [0.25, 0.3) is 11.4 Å². The quantitative estimate of drug-likeness (QED) is 0.877. The van der Waals surface area contributed by atoms with Gasteiger partial charge in [0.05, 0.1) is 0 Å². The summed E-state index contributed by atoms with van der Waals surface area (Å²) in [5.41, 5.74) is 7.31. The SMILES string of the molecule is Cc1nc(-c2ccc(N3CCCC(CC(N)=O)C3)nc2)[nH]c(=O)c1C. The molecule has 0 bridgehead atoms. The fourth-order valence-electron chi connectivity index (χ4n) is 3.22. The van der Waals surface area contributed by atoms with Gasteiger partial charge in [-0.3, -0.25) is 9.59 Å². The summed E-state index contributed by atoms with van der Waals surface area (Å²) in [4.78, 5) is 37.0. The van der Waals surface area contributed by atoms with Crippen molar-refractivity contribution < 1.29 is 4.79 Å². The van der Waals surface area contributed by atoms with Gasteiger partial charge >= 0.3 is 0 Å². The van der Waals surface area contributed by atoms with Crippen molar-refractivity contribution in [2.24, 2.45) is 11.7 Å². The number of carbonyl (C=O) groups excluding carboxylic acids is 1. The molecule has 0 aromatic carbocycles. The van der Waals surface area contributed by atoms with Crippen LogP contribution < -0.4 is 16.2 Å². The summed E-state index contributed by atoms with van der Waals surface area (Å²) in [6, 6.07) is 3.84. The Morgan fingerprint density at radius 1 is 1.40 bits per heavy atom. The average molecular weight is 341 g/mol. The number of amides is 1. The van der Waals surface area contributed by atoms with Crippen LogP contribution in [0.2, 0.25) is 0 Å². The molecular weight excluding hydrogens is 318 g/mol. The van der Waals surface area contributed by atoms with E-state index in [1.807, 2.05) is 19.1 Å². The molecule has 1 saturated heterocycles. The molecule has 1 atom stereocenters. The van der Waals surface area contributed by atoms with Gasteiger partial charge in [-0.1, -0.05) is 0 Å². The van der Waals surface area contributed by atoms with Gasteiger partial charge < -0.3 is 15.6 Å². The number of carbonyl (C=O) groups is 1. The van der Waals surface area contributed by atoms with Crippen molar-refractivity contribution >= 4 is 11.7 Å². The standard InChI is InChI=1S/C18H23N5O2/c1-11-12(2)21-17(22-18(11)25)14-5-6-16(20-9-14)23-7-3-4-13(10-23)8-15(19)24/h5-6,9,13H,3-4,7-8,10H2,1-2H3,(H2,19,24)(H,21,22,25). The van der Waals surface area contributed by atoms with E-state index in [9.17, 15) is 9.59 Å². The van der Waals surface area contributed by atoms with Gasteiger partial charge in [-0.25, -0.2) is 9.97 Å². The van der Waals surface area contributed by atoms with E-state index in [0.29, 0.717) is 23.5 Å². The Morgan fingerprint density at radius 2 is 2.20 bits per heavy atom. The van der Waals surface area contributed by atoms with Crippen LogP contribution in [0.5, 0.6) is 0 Å². The average Bonchev–Trinajstić information content (AvgIpc) is 2.59. The minimum atomic E-state index is -0.250. The van der Waals surface area contributed by atoms with E-state index in [0.717, 1.165) is 37.3 Å². The molecule has 1 fully saturated rings. The highest BCUT2D eigenvalue weighted by Gasteiger charge is 2.22. The van der Waals surface area contributed by atoms with Gasteiger partial charge in [-0.05, 0) is 44.7 Å². The number of pyridine rings is 1. The highest BCUT2D eigenvalue weighted by Crippen LogP contribution is 2.24. The van der Waals surface area contributed by atoms with Crippen LogP contribution in [0.3, 0.4) is 0 Å². The zero-order valence-corrected chi connectivity index (χ0v) is 14.6. The Morgan fingerprint density at radius 3 is 2.84 bits per heavy atom. The second kappa shape index (κ2) is 7.04. The number of nitrogens with zero attached hydrogens (tertiary/aromatic N) is 3. The van der Waals surface area contributed by atoms with Gasteiger partial charge in [-0.2, -0.15) is 0 Å². The normalized spacial score (nSPS) is 17.5. The number of H-pyrrole nitrogens is 1. The summed E-state index contributed by atoms with van der Waals surface area (Å²) >= 11 is 0. The molecule has 3 N–H and O–H groups in total. The number of hydrogen-bond acceptors (Lipinski definition) is 5. The van der Waals surface area contributed by atoms with Gasteiger partial charge in [-0.15, -0.1) is 0 Å². The molecule has 1 amide bonds. The number of rotatable bonds is 4. The number of piperidine rings is 1. The van der Waals surface area contributed by atoms with E-state index in [-0.39, 0.29) is 17.4 Å². The van der Waals surface area contributed by atoms with Gasteiger partial charge in [0, 0.05) is 42.5 Å². The molecular formula is C18H23N5O2. The Bertz CT molecular complexity index is 828. The molecule has 7 heteroatoms. The fourth-order valence-corrected chi connectivity index (χ4v) is 3.22. The Kier molecular flexibility index (Phi) is 4.83. The Hall–Kier alpha value is -2.70. The molecule has 1 aliphatic rings. The molecule has 7 nitrogen and oxygen atoms in total. The summed E-state index contributed by atoms with van der Waals surface area (Å²) in [6.07, 6.45) is 4.18. The van der Waals surface area contributed by atoms with Crippen molar-refractivity contribution in [3.8, 4) is 11.4 Å². The molecule has 0 spiro atoms. The summed E-state index contributed by atoms with van der Waals surface area (Å²) in [5.74, 6) is 1.42. The topological polar surface area (TPSA) is 105 Å². The van der Waals surface area contributed by atoms with Crippen molar-refractivity contribution in [2.45, 2.75) is 33.1 Å². The van der Waals surface area contributed by atoms with E-state index >= 15 is 0 Å². The van der Waals surface area contributed by atoms with Crippen molar-refractivity contribution in [1.29, 1.82) is 0 Å². The predicted octanol–water partition coefficient (Wildman–Crippen LogP) is 1.54. The maximum Gasteiger partial charge on any atom is 0.254 e. The smallest absolute Gasteiger partial charge is 0.254 e. The Balaban J connectivity index is 1.78. The molecule has 0 aliphatic carbocycles. The second-order valence-corrected chi connectivity index (χ2v) is 6.65. The lowest BCUT2D eigenvalue weighted by molar-refractivity contribution is -0.118. The van der Waals surface area contributed by atoms with Crippen LogP contribution in [-0.2, 0) is 4.79 Å². The number of hydrogen-bond donors (Lipinski definition) is 2. The third-order valence-corrected chi connectivity index (χ3v) is 4.75. The minimum Gasteiger partial charge on any atom is -0.370 e. The summed E-state index contributed by atoms with van der Waals surface area (Å²) in [7, 11) is 0. The number of anilines is 1. The number of primary amides is 1. The van der Waals surface area contributed by atoms with E-state index in [4.69, 9.17) is 5.73 Å². The molecule has 2 aromatic heterocycles. The zero-order chi connectivity index (χ0) is 18.0. The van der Waals surface area contributed by atoms with Crippen LogP contribution in [-0.4, -0.2) is 33.9 Å². The largest absolute Gasteiger partial charge is 0.370 e. The first kappa shape index (κ1) is 17.1. The van der Waals surface area contributed by atoms with Crippen LogP contribution in [0.15, 0.2) is 23.1 Å². The maximum atomic E-state index is 11.9. The van der Waals surface area contributed by atoms with Crippen LogP contribution in [0.4, 0.5) is 5.82 Å². The molecule has 3 rings (SSSR count). The number of nitrogens with two attached hydrogens (primary N) is 1. The molecule has 0 saturated carbocycles. The number of aromatic nitrogens is 3. The van der Waals surface area contributed by atoms with Crippen molar-refractivity contribution in [1.82, 2.24) is 15.0 Å². The van der Waals surface area contributed by atoms with Gasteiger partial charge in [0.15, 0.2) is 0 Å². The van der Waals surface area contributed by atoms with Crippen molar-refractivity contribution in [3.63, 3.8) is 0 Å². The fraction of sp³-hybridized carbons (Fsp3) is 0.444. The zero-order valence-electron chi connectivity index (χ0n) is 14.6. The molecule has 25 heavy (non-hydrogen) atoms. The van der Waals surface area contributed by atoms with Gasteiger partial charge in [0.2, 0.25) is 5.91 Å². The summed E-state index contributed by atoms with van der Waals surface area (Å²) < 4.78 is 0. The second-order valence-electron chi connectivity index (χ2n) is 6.65. The highest BCUT2D eigenvalue weighted by molar-refractivity contribution is 5.74. The first-order valence-corrected chi connectivity index (χ1v) is 8.51. The summed E-state index contributed by atoms with van der Waals surface area (Å²) in [6.45, 7) is 5.28. The van der Waals surface area contributed by atoms with Crippen LogP contribution in [0.1, 0.15) is 30.5 Å². The lowest BCUT2D eigenvalue weighted by atomic mass is 9.94. The predicted molar refractivity (Wildman–Crippen MR) is 96.3 cm³/mol. The number of aryl methyl sites for hydroxylation is 1. The van der Waals surface area contributed by atoms with Crippen molar-refractivity contribution in [2.75, 3.05) is 18.0 Å². The molecule has 132 valence electrons. The lowest BCUT2D eigenvalue weighted by Gasteiger charge is -2.33. The van der Waals surface area contributed by atoms with E-state index in [1.54, 1.807) is 13.1 Å². The van der Waals surface area contributed by atoms with Gasteiger partial charge in [0.1, 0.15) is 11.6 Å². The molecule has 2 aromatic rings. The molecule has 1 aliphatic heterocycles. The summed E-state index contributed by atoms with van der Waals surface area (Å²) in [5, 5.41) is 0. The monoisotopic (exact) mass is 341 g/mol. The van der Waals surface area contributed by atoms with E-state index in [2.05, 4.69) is 19.9 Å². The molecule has 3 heterocycles. The first-order chi connectivity index (χ1) is 11.9. The third-order valence-electron chi connectivity index (χ3n) is 4.75. The maximum absolute atomic E-state index is 11.9. The third kappa shape index (κ3) is 3.87. The first-order valence-electron chi connectivity index (χ1n) is 8.51. The van der Waals surface area contributed by atoms with Crippen molar-refractivity contribution in [3.05, 3.63) is 39.9 Å². The molecule has 1 unspecified atom stereocenters. The van der Waals surface area contributed by atoms with E-state index in [1.165, 1.54) is 0 Å². The lowest BCUT2D eigenvalue weighted by Crippen LogP contribution is -2.37. The Labute approximate surface area is 146 Å².